The van der Waals surface area contributed by atoms with Crippen LogP contribution in [-0.2, 0) is 11.3 Å². The number of alkyl halides is 3. The number of anilines is 3. The molecule has 12 heteroatoms. The summed E-state index contributed by atoms with van der Waals surface area (Å²) in [5, 5.41) is 12.9. The first kappa shape index (κ1) is 26.6. The number of carbonyl (C=O) groups excluding carboxylic acids is 1. The van der Waals surface area contributed by atoms with Gasteiger partial charge < -0.3 is 19.7 Å². The van der Waals surface area contributed by atoms with Crippen molar-refractivity contribution in [2.75, 3.05) is 9.62 Å². The van der Waals surface area contributed by atoms with Gasteiger partial charge in [-0.1, -0.05) is 24.3 Å². The third-order valence-electron chi connectivity index (χ3n) is 5.23. The highest BCUT2D eigenvalue weighted by Gasteiger charge is 2.31. The van der Waals surface area contributed by atoms with E-state index in [1.807, 2.05) is 0 Å². The number of hydrogen-bond acceptors (Lipinski definition) is 5. The lowest BCUT2D eigenvalue weighted by Gasteiger charge is -2.27. The first-order valence-corrected chi connectivity index (χ1v) is 11.8. The van der Waals surface area contributed by atoms with Crippen LogP contribution in [0.2, 0.25) is 0 Å². The minimum absolute atomic E-state index is 0.0621. The standard InChI is InChI=1S/C26H18F4N2O5S/c27-19-7-10-21(11-8-19)32(38(35)36)23-15-20(9-14-24(23)33)31-25(34)18-3-1-16(2-4-18)17-5-12-22(13-6-17)37-26(28,29)30/h1-15,33H,(H,31,34)(H,35,36)/p-1. The van der Waals surface area contributed by atoms with E-state index in [-0.39, 0.29) is 28.4 Å². The van der Waals surface area contributed by atoms with Crippen LogP contribution in [-0.4, -0.2) is 26.1 Å². The van der Waals surface area contributed by atoms with E-state index >= 15 is 0 Å². The molecule has 4 aromatic carbocycles. The second-order valence-electron chi connectivity index (χ2n) is 7.80. The molecule has 4 aromatic rings. The number of nitrogens with zero attached hydrogens (tertiary/aromatic N) is 1. The van der Waals surface area contributed by atoms with E-state index in [0.29, 0.717) is 11.1 Å². The van der Waals surface area contributed by atoms with Gasteiger partial charge in [-0.3, -0.25) is 13.3 Å². The summed E-state index contributed by atoms with van der Waals surface area (Å²) in [5.74, 6) is -1.87. The maximum atomic E-state index is 13.3. The van der Waals surface area contributed by atoms with Gasteiger partial charge >= 0.3 is 6.36 Å². The summed E-state index contributed by atoms with van der Waals surface area (Å²) in [5.41, 5.74) is 1.54. The fourth-order valence-corrected chi connectivity index (χ4v) is 4.11. The summed E-state index contributed by atoms with van der Waals surface area (Å²) < 4.78 is 78.7. The summed E-state index contributed by atoms with van der Waals surface area (Å²) >= 11 is -2.88. The van der Waals surface area contributed by atoms with Crippen molar-refractivity contribution in [3.05, 3.63) is 102 Å². The molecule has 0 aromatic heterocycles. The van der Waals surface area contributed by atoms with Gasteiger partial charge in [-0.05, 0) is 77.9 Å². The van der Waals surface area contributed by atoms with E-state index in [1.165, 1.54) is 66.7 Å². The second kappa shape index (κ2) is 10.9. The maximum absolute atomic E-state index is 13.3. The summed E-state index contributed by atoms with van der Waals surface area (Å²) in [6.45, 7) is 0. The topological polar surface area (TPSA) is 102 Å². The molecule has 2 N–H and O–H groups in total. The number of benzene rings is 4. The van der Waals surface area contributed by atoms with Crippen LogP contribution in [0.25, 0.3) is 11.1 Å². The van der Waals surface area contributed by atoms with Gasteiger partial charge in [0.2, 0.25) is 0 Å². The first-order valence-electron chi connectivity index (χ1n) is 10.8. The smallest absolute Gasteiger partial charge is 0.573 e. The number of phenolic OH excluding ortho intramolecular Hbond substituents is 1. The molecule has 0 heterocycles. The van der Waals surface area contributed by atoms with Crippen LogP contribution in [0.3, 0.4) is 0 Å². The number of rotatable bonds is 7. The highest BCUT2D eigenvalue weighted by atomic mass is 32.2. The van der Waals surface area contributed by atoms with Gasteiger partial charge in [0, 0.05) is 11.3 Å². The first-order chi connectivity index (χ1) is 18.0. The minimum atomic E-state index is -4.79. The van der Waals surface area contributed by atoms with Crippen molar-refractivity contribution < 1.29 is 41.0 Å². The third-order valence-corrected chi connectivity index (χ3v) is 5.94. The Morgan fingerprint density at radius 3 is 2.03 bits per heavy atom. The fourth-order valence-electron chi connectivity index (χ4n) is 3.51. The molecule has 7 nitrogen and oxygen atoms in total. The van der Waals surface area contributed by atoms with Crippen molar-refractivity contribution in [1.29, 1.82) is 0 Å². The van der Waals surface area contributed by atoms with Gasteiger partial charge in [-0.25, -0.2) is 4.39 Å². The largest absolute Gasteiger partial charge is 0.755 e. The highest BCUT2D eigenvalue weighted by molar-refractivity contribution is 7.81. The quantitative estimate of drug-likeness (QED) is 0.162. The Bertz CT molecular complexity index is 1460. The zero-order chi connectivity index (χ0) is 27.4. The Morgan fingerprint density at radius 2 is 1.47 bits per heavy atom. The van der Waals surface area contributed by atoms with Gasteiger partial charge in [0.05, 0.1) is 22.6 Å². The third kappa shape index (κ3) is 6.47. The molecule has 1 amide bonds. The number of aromatic hydroxyl groups is 1. The SMILES string of the molecule is O=C(Nc1ccc(O)c(N(c2ccc(F)cc2)S(=O)[O-])c1)c1ccc(-c2ccc(OC(F)(F)F)cc2)cc1. The van der Waals surface area contributed by atoms with Crippen LogP contribution >= 0.6 is 0 Å². The van der Waals surface area contributed by atoms with E-state index in [1.54, 1.807) is 12.1 Å². The fraction of sp³-hybridized carbons (Fsp3) is 0.0385. The van der Waals surface area contributed by atoms with Crippen LogP contribution in [0.15, 0.2) is 91.0 Å². The molecule has 0 aliphatic heterocycles. The van der Waals surface area contributed by atoms with Crippen LogP contribution in [0, 0.1) is 5.82 Å². The van der Waals surface area contributed by atoms with Crippen LogP contribution in [0.5, 0.6) is 11.5 Å². The number of hydrogen-bond donors (Lipinski definition) is 2. The van der Waals surface area contributed by atoms with Gasteiger partial charge in [0.25, 0.3) is 5.91 Å². The zero-order valence-electron chi connectivity index (χ0n) is 19.1. The number of halogens is 4. The molecule has 38 heavy (non-hydrogen) atoms. The Labute approximate surface area is 216 Å². The molecule has 0 radical (unpaired) electrons. The van der Waals surface area contributed by atoms with E-state index in [9.17, 15) is 36.2 Å². The molecule has 0 aliphatic carbocycles. The summed E-state index contributed by atoms with van der Waals surface area (Å²) in [4.78, 5) is 12.8. The van der Waals surface area contributed by atoms with Gasteiger partial charge in [-0.2, -0.15) is 0 Å². The lowest BCUT2D eigenvalue weighted by atomic mass is 10.0. The van der Waals surface area contributed by atoms with Crippen LogP contribution in [0.1, 0.15) is 10.4 Å². The highest BCUT2D eigenvalue weighted by Crippen LogP contribution is 2.36. The van der Waals surface area contributed by atoms with Crippen molar-refractivity contribution >= 4 is 34.2 Å². The van der Waals surface area contributed by atoms with Crippen molar-refractivity contribution in [1.82, 2.24) is 0 Å². The van der Waals surface area contributed by atoms with Crippen LogP contribution in [0.4, 0.5) is 34.6 Å². The number of nitrogens with one attached hydrogen (secondary N) is 1. The molecule has 0 bridgehead atoms. The molecular weight excluding hydrogens is 528 g/mol. The van der Waals surface area contributed by atoms with Crippen molar-refractivity contribution in [3.8, 4) is 22.6 Å². The molecule has 0 spiro atoms. The Kier molecular flexibility index (Phi) is 7.65. The number of ether oxygens (including phenoxy) is 1. The van der Waals surface area contributed by atoms with E-state index in [2.05, 4.69) is 10.1 Å². The monoisotopic (exact) mass is 545 g/mol. The maximum Gasteiger partial charge on any atom is 0.573 e. The molecular formula is C26H17F4N2O5S-. The number of amides is 1. The molecule has 0 fully saturated rings. The van der Waals surface area contributed by atoms with Crippen LogP contribution < -0.4 is 14.4 Å². The molecule has 196 valence electrons. The average Bonchev–Trinajstić information content (AvgIpc) is 2.86. The van der Waals surface area contributed by atoms with Crippen molar-refractivity contribution in [2.45, 2.75) is 6.36 Å². The number of carbonyl (C=O) groups is 1. The Balaban J connectivity index is 1.51. The lowest BCUT2D eigenvalue weighted by Crippen LogP contribution is -2.20. The van der Waals surface area contributed by atoms with Gasteiger partial charge in [0.1, 0.15) is 17.3 Å². The summed E-state index contributed by atoms with van der Waals surface area (Å²) in [6, 6.07) is 19.8. The molecule has 0 saturated carbocycles. The Morgan fingerprint density at radius 1 is 0.895 bits per heavy atom. The van der Waals surface area contributed by atoms with E-state index in [0.717, 1.165) is 16.4 Å². The predicted molar refractivity (Wildman–Crippen MR) is 132 cm³/mol. The van der Waals surface area contributed by atoms with Crippen molar-refractivity contribution in [2.24, 2.45) is 0 Å². The average molecular weight is 545 g/mol. The molecule has 1 unspecified atom stereocenters. The number of phenols is 1. The van der Waals surface area contributed by atoms with E-state index < -0.39 is 35.1 Å². The predicted octanol–water partition coefficient (Wildman–Crippen LogP) is 6.28. The summed E-state index contributed by atoms with van der Waals surface area (Å²) in [7, 11) is 0. The lowest BCUT2D eigenvalue weighted by molar-refractivity contribution is -0.274. The minimum Gasteiger partial charge on any atom is -0.755 e. The molecule has 4 rings (SSSR count). The van der Waals surface area contributed by atoms with E-state index in [4.69, 9.17) is 0 Å². The van der Waals surface area contributed by atoms with Gasteiger partial charge in [-0.15, -0.1) is 13.2 Å². The molecule has 0 aliphatic rings. The molecule has 0 saturated heterocycles. The second-order valence-corrected chi connectivity index (χ2v) is 8.59. The normalized spacial score (nSPS) is 12.0. The Hall–Kier alpha value is -4.42. The van der Waals surface area contributed by atoms with Gasteiger partial charge in [0.15, 0.2) is 0 Å². The zero-order valence-corrected chi connectivity index (χ0v) is 19.9. The van der Waals surface area contributed by atoms with Crippen molar-refractivity contribution in [3.63, 3.8) is 0 Å². The summed E-state index contributed by atoms with van der Waals surface area (Å²) in [6.07, 6.45) is -4.79. The molecule has 1 atom stereocenters.